The number of aromatic nitrogens is 1. The Labute approximate surface area is 152 Å². The average molecular weight is 381 g/mol. The highest BCUT2D eigenvalue weighted by Gasteiger charge is 2.13. The van der Waals surface area contributed by atoms with E-state index in [1.165, 1.54) is 23.5 Å². The molecule has 0 fully saturated rings. The van der Waals surface area contributed by atoms with E-state index < -0.39 is 5.82 Å². The number of thiazole rings is 1. The van der Waals surface area contributed by atoms with Gasteiger partial charge in [-0.1, -0.05) is 41.4 Å². The van der Waals surface area contributed by atoms with Gasteiger partial charge in [0.1, 0.15) is 5.82 Å². The lowest BCUT2D eigenvalue weighted by Crippen LogP contribution is -2.22. The maximum Gasteiger partial charge on any atom is 0.280 e. The van der Waals surface area contributed by atoms with Crippen molar-refractivity contribution in [2.45, 2.75) is 6.54 Å². The van der Waals surface area contributed by atoms with Crippen LogP contribution in [0.15, 0.2) is 47.8 Å². The lowest BCUT2D eigenvalue weighted by Gasteiger charge is -2.05. The van der Waals surface area contributed by atoms with Crippen LogP contribution < -0.4 is 5.32 Å². The van der Waals surface area contributed by atoms with Crippen LogP contribution in [0.3, 0.4) is 0 Å². The van der Waals surface area contributed by atoms with E-state index in [9.17, 15) is 9.18 Å². The molecule has 1 N–H and O–H groups in total. The van der Waals surface area contributed by atoms with Crippen LogP contribution in [0.1, 0.15) is 15.4 Å². The first kappa shape index (κ1) is 16.9. The molecule has 0 saturated carbocycles. The number of nitrogens with one attached hydrogen (secondary N) is 1. The Hall–Kier alpha value is -1.95. The molecule has 0 atom stereocenters. The van der Waals surface area contributed by atoms with Crippen molar-refractivity contribution in [2.75, 3.05) is 0 Å². The van der Waals surface area contributed by atoms with Gasteiger partial charge in [0.15, 0.2) is 5.01 Å². The van der Waals surface area contributed by atoms with Crippen LogP contribution in [0, 0.1) is 5.82 Å². The largest absolute Gasteiger partial charge is 0.346 e. The first-order valence-corrected chi connectivity index (χ1v) is 8.60. The average Bonchev–Trinajstić information content (AvgIpc) is 3.04. The zero-order valence-electron chi connectivity index (χ0n) is 12.2. The number of nitrogens with zero attached hydrogens (tertiary/aromatic N) is 1. The monoisotopic (exact) mass is 380 g/mol. The molecular weight excluding hydrogens is 370 g/mol. The summed E-state index contributed by atoms with van der Waals surface area (Å²) in [6, 6.07) is 11.3. The molecule has 0 unspecified atom stereocenters. The summed E-state index contributed by atoms with van der Waals surface area (Å²) in [6.45, 7) is 0.202. The van der Waals surface area contributed by atoms with Gasteiger partial charge in [-0.2, -0.15) is 0 Å². The summed E-state index contributed by atoms with van der Waals surface area (Å²) in [6.07, 6.45) is 0. The molecule has 0 saturated heterocycles. The van der Waals surface area contributed by atoms with Crippen LogP contribution in [-0.2, 0) is 6.54 Å². The lowest BCUT2D eigenvalue weighted by molar-refractivity contribution is 0.0950. The minimum atomic E-state index is -0.414. The van der Waals surface area contributed by atoms with Gasteiger partial charge in [-0.15, -0.1) is 11.3 Å². The van der Waals surface area contributed by atoms with E-state index in [4.69, 9.17) is 23.2 Å². The molecule has 0 bridgehead atoms. The van der Waals surface area contributed by atoms with E-state index in [-0.39, 0.29) is 17.5 Å². The van der Waals surface area contributed by atoms with Gasteiger partial charge in [0, 0.05) is 27.5 Å². The molecule has 0 aliphatic rings. The van der Waals surface area contributed by atoms with Crippen molar-refractivity contribution in [1.29, 1.82) is 0 Å². The summed E-state index contributed by atoms with van der Waals surface area (Å²) in [5.74, 6) is -0.719. The first-order valence-electron chi connectivity index (χ1n) is 6.96. The number of hydrogen-bond donors (Lipinski definition) is 1. The summed E-state index contributed by atoms with van der Waals surface area (Å²) in [5.41, 5.74) is 2.24. The molecule has 0 radical (unpaired) electrons. The van der Waals surface area contributed by atoms with Crippen molar-refractivity contribution in [1.82, 2.24) is 10.3 Å². The Morgan fingerprint density at radius 2 is 1.92 bits per heavy atom. The third-order valence-corrected chi connectivity index (χ3v) is 4.74. The van der Waals surface area contributed by atoms with Gasteiger partial charge < -0.3 is 5.32 Å². The molecular formula is C17H11Cl2FN2OS. The van der Waals surface area contributed by atoms with Crippen molar-refractivity contribution < 1.29 is 9.18 Å². The Balaban J connectivity index is 1.68. The third kappa shape index (κ3) is 3.93. The van der Waals surface area contributed by atoms with E-state index in [0.29, 0.717) is 21.3 Å². The van der Waals surface area contributed by atoms with Crippen LogP contribution >= 0.6 is 34.5 Å². The molecule has 3 aromatic rings. The molecule has 1 heterocycles. The third-order valence-electron chi connectivity index (χ3n) is 3.29. The number of rotatable bonds is 4. The molecule has 0 spiro atoms. The fraction of sp³-hybridized carbons (Fsp3) is 0.0588. The normalized spacial score (nSPS) is 10.6. The van der Waals surface area contributed by atoms with Crippen molar-refractivity contribution in [2.24, 2.45) is 0 Å². The van der Waals surface area contributed by atoms with Crippen LogP contribution in [0.5, 0.6) is 0 Å². The van der Waals surface area contributed by atoms with Gasteiger partial charge in [-0.25, -0.2) is 9.37 Å². The molecule has 0 aliphatic carbocycles. The van der Waals surface area contributed by atoms with Gasteiger partial charge in [0.2, 0.25) is 0 Å². The van der Waals surface area contributed by atoms with E-state index in [0.717, 1.165) is 5.56 Å². The van der Waals surface area contributed by atoms with Crippen molar-refractivity contribution in [3.63, 3.8) is 0 Å². The minimum absolute atomic E-state index is 0.202. The van der Waals surface area contributed by atoms with E-state index in [1.807, 2.05) is 17.5 Å². The maximum atomic E-state index is 13.0. The van der Waals surface area contributed by atoms with Crippen LogP contribution in [0.2, 0.25) is 10.0 Å². The van der Waals surface area contributed by atoms with Gasteiger partial charge in [0.25, 0.3) is 5.91 Å². The van der Waals surface area contributed by atoms with E-state index in [1.54, 1.807) is 18.2 Å². The van der Waals surface area contributed by atoms with Gasteiger partial charge >= 0.3 is 0 Å². The van der Waals surface area contributed by atoms with Crippen LogP contribution in [0.4, 0.5) is 4.39 Å². The summed E-state index contributed by atoms with van der Waals surface area (Å²) in [5, 5.41) is 5.80. The molecule has 24 heavy (non-hydrogen) atoms. The Morgan fingerprint density at radius 3 is 2.62 bits per heavy atom. The zero-order valence-corrected chi connectivity index (χ0v) is 14.6. The van der Waals surface area contributed by atoms with Gasteiger partial charge in [-0.05, 0) is 29.8 Å². The number of carbonyl (C=O) groups is 1. The predicted molar refractivity (Wildman–Crippen MR) is 95.1 cm³/mol. The van der Waals surface area contributed by atoms with Gasteiger partial charge in [0.05, 0.1) is 5.69 Å². The number of benzene rings is 2. The summed E-state index contributed by atoms with van der Waals surface area (Å²) < 4.78 is 13.0. The number of hydrogen-bond acceptors (Lipinski definition) is 3. The summed E-state index contributed by atoms with van der Waals surface area (Å²) >= 11 is 13.1. The quantitative estimate of drug-likeness (QED) is 0.676. The number of carbonyl (C=O) groups excluding carboxylic acids is 1. The first-order chi connectivity index (χ1) is 11.5. The van der Waals surface area contributed by atoms with Crippen LogP contribution in [-0.4, -0.2) is 10.9 Å². The van der Waals surface area contributed by atoms with Crippen molar-refractivity contribution in [3.8, 4) is 11.3 Å². The molecule has 3 rings (SSSR count). The fourth-order valence-electron chi connectivity index (χ4n) is 2.05. The minimum Gasteiger partial charge on any atom is -0.346 e. The molecule has 1 amide bonds. The Kier molecular flexibility index (Phi) is 5.14. The highest BCUT2D eigenvalue weighted by molar-refractivity contribution is 7.12. The second-order valence-electron chi connectivity index (χ2n) is 4.96. The molecule has 0 aliphatic heterocycles. The molecule has 3 nitrogen and oxygen atoms in total. The number of amides is 1. The summed E-state index contributed by atoms with van der Waals surface area (Å²) in [7, 11) is 0. The van der Waals surface area contributed by atoms with E-state index >= 15 is 0 Å². The second-order valence-corrected chi connectivity index (χ2v) is 6.66. The van der Waals surface area contributed by atoms with Crippen molar-refractivity contribution >= 4 is 40.4 Å². The highest BCUT2D eigenvalue weighted by atomic mass is 35.5. The second kappa shape index (κ2) is 7.30. The lowest BCUT2D eigenvalue weighted by atomic mass is 10.2. The van der Waals surface area contributed by atoms with Crippen LogP contribution in [0.25, 0.3) is 11.3 Å². The molecule has 122 valence electrons. The highest BCUT2D eigenvalue weighted by Crippen LogP contribution is 2.23. The predicted octanol–water partition coefficient (Wildman–Crippen LogP) is 5.19. The maximum absolute atomic E-state index is 13.0. The van der Waals surface area contributed by atoms with Crippen molar-refractivity contribution in [3.05, 3.63) is 74.3 Å². The Morgan fingerprint density at radius 1 is 1.17 bits per heavy atom. The zero-order chi connectivity index (χ0) is 17.1. The standard InChI is InChI=1S/C17H11Cl2FN2OS/c18-12-4-1-10(2-5-12)15-9-24-17(22-15)16(23)21-8-11-3-6-13(20)7-14(11)19/h1-7,9H,8H2,(H,21,23). The fourth-order valence-corrected chi connectivity index (χ4v) is 3.15. The smallest absolute Gasteiger partial charge is 0.280 e. The Bertz CT molecular complexity index is 881. The molecule has 1 aromatic heterocycles. The van der Waals surface area contributed by atoms with E-state index in [2.05, 4.69) is 10.3 Å². The van der Waals surface area contributed by atoms with Gasteiger partial charge in [-0.3, -0.25) is 4.79 Å². The summed E-state index contributed by atoms with van der Waals surface area (Å²) in [4.78, 5) is 16.5. The number of halogens is 3. The topological polar surface area (TPSA) is 42.0 Å². The molecule has 2 aromatic carbocycles. The SMILES string of the molecule is O=C(NCc1ccc(F)cc1Cl)c1nc(-c2ccc(Cl)cc2)cs1. The molecule has 7 heteroatoms.